The van der Waals surface area contributed by atoms with Crippen molar-refractivity contribution in [3.63, 3.8) is 0 Å². The molecule has 2 aromatic rings. The van der Waals surface area contributed by atoms with Gasteiger partial charge in [0, 0.05) is 18.1 Å². The number of aryl methyl sites for hydroxylation is 1. The second kappa shape index (κ2) is 6.67. The molecule has 2 rings (SSSR count). The van der Waals surface area contributed by atoms with Gasteiger partial charge in [-0.3, -0.25) is 4.79 Å². The average molecular weight is 297 g/mol. The van der Waals surface area contributed by atoms with Crippen LogP contribution in [0.3, 0.4) is 0 Å². The van der Waals surface area contributed by atoms with Crippen LogP contribution >= 0.6 is 23.1 Å². The van der Waals surface area contributed by atoms with Gasteiger partial charge in [-0.05, 0) is 13.3 Å². The number of thiazole rings is 1. The third-order valence-corrected chi connectivity index (χ3v) is 4.02. The molecule has 2 heterocycles. The van der Waals surface area contributed by atoms with Crippen LogP contribution in [-0.4, -0.2) is 31.4 Å². The molecule has 0 aromatic carbocycles. The van der Waals surface area contributed by atoms with E-state index in [4.69, 9.17) is 0 Å². The Morgan fingerprint density at radius 3 is 3.05 bits per heavy atom. The molecule has 6 nitrogen and oxygen atoms in total. The molecule has 0 radical (unpaired) electrons. The van der Waals surface area contributed by atoms with Crippen LogP contribution in [-0.2, 0) is 11.3 Å². The number of nitrogens with zero attached hydrogens (tertiary/aromatic N) is 4. The summed E-state index contributed by atoms with van der Waals surface area (Å²) in [4.78, 5) is 15.7. The van der Waals surface area contributed by atoms with E-state index in [1.165, 1.54) is 23.1 Å². The Kier molecular flexibility index (Phi) is 4.92. The Morgan fingerprint density at radius 1 is 1.53 bits per heavy atom. The summed E-state index contributed by atoms with van der Waals surface area (Å²) in [5, 5.41) is 14.1. The number of carbonyl (C=O) groups excluding carboxylic acids is 1. The fourth-order valence-corrected chi connectivity index (χ4v) is 2.88. The van der Waals surface area contributed by atoms with Gasteiger partial charge in [0.05, 0.1) is 5.75 Å². The lowest BCUT2D eigenvalue weighted by Gasteiger charge is -2.06. The summed E-state index contributed by atoms with van der Waals surface area (Å²) in [6.45, 7) is 4.89. The number of carbonyl (C=O) groups is 1. The van der Waals surface area contributed by atoms with Crippen molar-refractivity contribution in [3.05, 3.63) is 17.4 Å². The summed E-state index contributed by atoms with van der Waals surface area (Å²) >= 11 is 2.79. The molecule has 0 aliphatic heterocycles. The summed E-state index contributed by atoms with van der Waals surface area (Å²) in [6.07, 6.45) is 2.67. The number of thioether (sulfide) groups is 1. The average Bonchev–Trinajstić information content (AvgIpc) is 3.00. The second-order valence-electron chi connectivity index (χ2n) is 3.86. The van der Waals surface area contributed by atoms with Gasteiger partial charge in [-0.25, -0.2) is 4.98 Å². The summed E-state index contributed by atoms with van der Waals surface area (Å²) in [7, 11) is 0. The zero-order valence-electron chi connectivity index (χ0n) is 10.8. The van der Waals surface area contributed by atoms with Gasteiger partial charge in [-0.1, -0.05) is 18.7 Å². The Balaban J connectivity index is 1.89. The molecule has 0 atom stereocenters. The SMILES string of the molecule is CCCn1c(C)nnc1SCC(=O)Nc1nccs1. The molecule has 1 amide bonds. The molecule has 0 spiro atoms. The zero-order valence-corrected chi connectivity index (χ0v) is 12.4. The lowest BCUT2D eigenvalue weighted by Crippen LogP contribution is -2.14. The highest BCUT2D eigenvalue weighted by molar-refractivity contribution is 7.99. The van der Waals surface area contributed by atoms with Crippen molar-refractivity contribution in [3.8, 4) is 0 Å². The van der Waals surface area contributed by atoms with E-state index in [1.807, 2.05) is 16.9 Å². The molecule has 0 fully saturated rings. The number of aromatic nitrogens is 4. The van der Waals surface area contributed by atoms with Gasteiger partial charge in [0.2, 0.25) is 5.91 Å². The predicted octanol–water partition coefficient (Wildman–Crippen LogP) is 2.18. The van der Waals surface area contributed by atoms with Gasteiger partial charge < -0.3 is 9.88 Å². The van der Waals surface area contributed by atoms with Crippen LogP contribution in [0, 0.1) is 6.92 Å². The molecule has 2 aromatic heterocycles. The molecule has 19 heavy (non-hydrogen) atoms. The fourth-order valence-electron chi connectivity index (χ4n) is 1.52. The van der Waals surface area contributed by atoms with Crippen LogP contribution in [0.15, 0.2) is 16.7 Å². The number of anilines is 1. The van der Waals surface area contributed by atoms with E-state index in [1.54, 1.807) is 6.20 Å². The first-order chi connectivity index (χ1) is 9.20. The van der Waals surface area contributed by atoms with E-state index in [2.05, 4.69) is 27.4 Å². The lowest BCUT2D eigenvalue weighted by atomic mass is 10.5. The van der Waals surface area contributed by atoms with Crippen LogP contribution in [0.25, 0.3) is 0 Å². The molecule has 1 N–H and O–H groups in total. The monoisotopic (exact) mass is 297 g/mol. The third kappa shape index (κ3) is 3.77. The maximum atomic E-state index is 11.7. The highest BCUT2D eigenvalue weighted by Crippen LogP contribution is 2.18. The maximum Gasteiger partial charge on any atom is 0.236 e. The molecule has 102 valence electrons. The number of amides is 1. The lowest BCUT2D eigenvalue weighted by molar-refractivity contribution is -0.113. The molecule has 0 bridgehead atoms. The first-order valence-electron chi connectivity index (χ1n) is 5.92. The van der Waals surface area contributed by atoms with Crippen molar-refractivity contribution in [2.24, 2.45) is 0 Å². The van der Waals surface area contributed by atoms with Crippen LogP contribution in [0.4, 0.5) is 5.13 Å². The minimum Gasteiger partial charge on any atom is -0.306 e. The van der Waals surface area contributed by atoms with Crippen LogP contribution < -0.4 is 5.32 Å². The second-order valence-corrected chi connectivity index (χ2v) is 5.69. The van der Waals surface area contributed by atoms with E-state index < -0.39 is 0 Å². The topological polar surface area (TPSA) is 72.7 Å². The van der Waals surface area contributed by atoms with Gasteiger partial charge in [0.1, 0.15) is 5.82 Å². The smallest absolute Gasteiger partial charge is 0.236 e. The van der Waals surface area contributed by atoms with E-state index in [-0.39, 0.29) is 5.91 Å². The predicted molar refractivity (Wildman–Crippen MR) is 76.5 cm³/mol. The van der Waals surface area contributed by atoms with E-state index in [0.29, 0.717) is 10.9 Å². The van der Waals surface area contributed by atoms with Gasteiger partial charge >= 0.3 is 0 Å². The van der Waals surface area contributed by atoms with Crippen LogP contribution in [0.2, 0.25) is 0 Å². The van der Waals surface area contributed by atoms with Crippen molar-refractivity contribution in [1.82, 2.24) is 19.7 Å². The first-order valence-corrected chi connectivity index (χ1v) is 7.79. The number of hydrogen-bond acceptors (Lipinski definition) is 6. The quantitative estimate of drug-likeness (QED) is 0.827. The first kappa shape index (κ1) is 14.0. The molecule has 0 unspecified atom stereocenters. The molecule has 0 saturated carbocycles. The molecular formula is C11H15N5OS2. The largest absolute Gasteiger partial charge is 0.306 e. The van der Waals surface area contributed by atoms with Gasteiger partial charge in [0.15, 0.2) is 10.3 Å². The molecule has 0 saturated heterocycles. The van der Waals surface area contributed by atoms with Gasteiger partial charge in [-0.15, -0.1) is 21.5 Å². The van der Waals surface area contributed by atoms with Gasteiger partial charge in [0.25, 0.3) is 0 Å². The molecule has 0 aliphatic carbocycles. The van der Waals surface area contributed by atoms with Crippen LogP contribution in [0.5, 0.6) is 0 Å². The summed E-state index contributed by atoms with van der Waals surface area (Å²) in [5.41, 5.74) is 0. The fraction of sp³-hybridized carbons (Fsp3) is 0.455. The van der Waals surface area contributed by atoms with E-state index >= 15 is 0 Å². The van der Waals surface area contributed by atoms with E-state index in [9.17, 15) is 4.79 Å². The number of rotatable bonds is 6. The maximum absolute atomic E-state index is 11.7. The number of hydrogen-bond donors (Lipinski definition) is 1. The van der Waals surface area contributed by atoms with E-state index in [0.717, 1.165) is 23.9 Å². The van der Waals surface area contributed by atoms with Crippen molar-refractivity contribution >= 4 is 34.1 Å². The minimum absolute atomic E-state index is 0.0800. The molecule has 0 aliphatic rings. The summed E-state index contributed by atoms with van der Waals surface area (Å²) in [6, 6.07) is 0. The minimum atomic E-state index is -0.0800. The van der Waals surface area contributed by atoms with Gasteiger partial charge in [-0.2, -0.15) is 0 Å². The van der Waals surface area contributed by atoms with Crippen LogP contribution in [0.1, 0.15) is 19.2 Å². The Morgan fingerprint density at radius 2 is 2.37 bits per heavy atom. The van der Waals surface area contributed by atoms with Crippen molar-refractivity contribution in [2.75, 3.05) is 11.1 Å². The summed E-state index contributed by atoms with van der Waals surface area (Å²) < 4.78 is 2.03. The molecule has 8 heteroatoms. The van der Waals surface area contributed by atoms with Crippen molar-refractivity contribution in [1.29, 1.82) is 0 Å². The Bertz CT molecular complexity index is 537. The normalized spacial score (nSPS) is 10.6. The van der Waals surface area contributed by atoms with Crippen molar-refractivity contribution in [2.45, 2.75) is 32.0 Å². The van der Waals surface area contributed by atoms with Crippen molar-refractivity contribution < 1.29 is 4.79 Å². The highest BCUT2D eigenvalue weighted by atomic mass is 32.2. The molecular weight excluding hydrogens is 282 g/mol. The third-order valence-electron chi connectivity index (χ3n) is 2.36. The highest BCUT2D eigenvalue weighted by Gasteiger charge is 2.11. The number of nitrogens with one attached hydrogen (secondary N) is 1. The Hall–Kier alpha value is -1.41. The summed E-state index contributed by atoms with van der Waals surface area (Å²) in [5.74, 6) is 1.11. The Labute approximate surface area is 119 Å². The standard InChI is InChI=1S/C11H15N5OS2/c1-3-5-16-8(2)14-15-11(16)19-7-9(17)13-10-12-4-6-18-10/h4,6H,3,5,7H2,1-2H3,(H,12,13,17). The zero-order chi connectivity index (χ0) is 13.7.